The Bertz CT molecular complexity index is 136. The highest BCUT2D eigenvalue weighted by Crippen LogP contribution is 2.27. The highest BCUT2D eigenvalue weighted by Gasteiger charge is 2.27. The molecule has 2 heteroatoms. The first-order valence-electron chi connectivity index (χ1n) is 5.10. The molecule has 0 aliphatic carbocycles. The second-order valence-electron chi connectivity index (χ2n) is 4.44. The number of hydrogen-bond acceptors (Lipinski definition) is 1. The van der Waals surface area contributed by atoms with Crippen molar-refractivity contribution in [3.05, 3.63) is 0 Å². The van der Waals surface area contributed by atoms with E-state index in [2.05, 4.69) is 13.8 Å². The summed E-state index contributed by atoms with van der Waals surface area (Å²) < 4.78 is 0. The average Bonchev–Trinajstić information content (AvgIpc) is 1.85. The maximum absolute atomic E-state index is 10.8. The Labute approximate surface area is 82.9 Å². The first kappa shape index (κ1) is 15.0. The van der Waals surface area contributed by atoms with Gasteiger partial charge in [-0.3, -0.25) is 4.79 Å². The van der Waals surface area contributed by atoms with Gasteiger partial charge in [0.1, 0.15) is 0 Å². The van der Waals surface area contributed by atoms with Crippen molar-refractivity contribution in [3.63, 3.8) is 0 Å². The highest BCUT2D eigenvalue weighted by molar-refractivity contribution is 5.77. The molecule has 0 bridgehead atoms. The minimum absolute atomic E-state index is 0.00694. The Kier molecular flexibility index (Phi) is 7.98. The van der Waals surface area contributed by atoms with Crippen LogP contribution in [0.5, 0.6) is 0 Å². The molecule has 0 fully saturated rings. The van der Waals surface area contributed by atoms with Crippen molar-refractivity contribution in [2.75, 3.05) is 0 Å². The molecular weight excluding hydrogens is 162 g/mol. The lowest BCUT2D eigenvalue weighted by Gasteiger charge is -2.26. The van der Waals surface area contributed by atoms with Crippen LogP contribution in [0.15, 0.2) is 0 Å². The molecule has 2 N–H and O–H groups in total. The van der Waals surface area contributed by atoms with Crippen molar-refractivity contribution >= 4 is 5.91 Å². The number of amides is 1. The van der Waals surface area contributed by atoms with Crippen LogP contribution in [-0.4, -0.2) is 5.91 Å². The second kappa shape index (κ2) is 6.93. The van der Waals surface area contributed by atoms with Gasteiger partial charge in [0, 0.05) is 5.92 Å². The zero-order valence-corrected chi connectivity index (χ0v) is 9.98. The van der Waals surface area contributed by atoms with E-state index in [4.69, 9.17) is 5.73 Å². The molecule has 0 radical (unpaired) electrons. The van der Waals surface area contributed by atoms with E-state index >= 15 is 0 Å². The monoisotopic (exact) mass is 187 g/mol. The maximum Gasteiger partial charge on any atom is 0.221 e. The SMILES string of the molecule is CCC.CCC(C(N)=O)C(C)(C)C. The highest BCUT2D eigenvalue weighted by atomic mass is 16.1. The fourth-order valence-corrected chi connectivity index (χ4v) is 1.24. The minimum Gasteiger partial charge on any atom is -0.369 e. The first-order valence-corrected chi connectivity index (χ1v) is 5.10. The lowest BCUT2D eigenvalue weighted by atomic mass is 9.79. The quantitative estimate of drug-likeness (QED) is 0.709. The van der Waals surface area contributed by atoms with Crippen molar-refractivity contribution in [2.45, 2.75) is 54.4 Å². The molecule has 0 aromatic heterocycles. The van der Waals surface area contributed by atoms with Gasteiger partial charge in [-0.05, 0) is 11.8 Å². The molecule has 0 aliphatic heterocycles. The molecule has 1 unspecified atom stereocenters. The summed E-state index contributed by atoms with van der Waals surface area (Å²) in [4.78, 5) is 10.8. The van der Waals surface area contributed by atoms with Gasteiger partial charge in [0.05, 0.1) is 0 Å². The van der Waals surface area contributed by atoms with E-state index in [1.54, 1.807) is 0 Å². The predicted molar refractivity (Wildman–Crippen MR) is 58.4 cm³/mol. The molecule has 13 heavy (non-hydrogen) atoms. The molecule has 0 heterocycles. The van der Waals surface area contributed by atoms with Crippen molar-refractivity contribution in [1.82, 2.24) is 0 Å². The lowest BCUT2D eigenvalue weighted by Crippen LogP contribution is -2.33. The number of primary amides is 1. The van der Waals surface area contributed by atoms with Gasteiger partial charge < -0.3 is 5.73 Å². The fourth-order valence-electron chi connectivity index (χ4n) is 1.24. The minimum atomic E-state index is -0.185. The van der Waals surface area contributed by atoms with E-state index < -0.39 is 0 Å². The second-order valence-corrected chi connectivity index (χ2v) is 4.44. The van der Waals surface area contributed by atoms with E-state index in [0.717, 1.165) is 6.42 Å². The Morgan fingerprint density at radius 2 is 1.54 bits per heavy atom. The van der Waals surface area contributed by atoms with Crippen LogP contribution in [-0.2, 0) is 4.79 Å². The van der Waals surface area contributed by atoms with Gasteiger partial charge in [-0.2, -0.15) is 0 Å². The van der Waals surface area contributed by atoms with Gasteiger partial charge in [-0.15, -0.1) is 0 Å². The number of carbonyl (C=O) groups is 1. The summed E-state index contributed by atoms with van der Waals surface area (Å²) in [6, 6.07) is 0. The van der Waals surface area contributed by atoms with Crippen molar-refractivity contribution in [3.8, 4) is 0 Å². The molecule has 1 atom stereocenters. The number of nitrogens with two attached hydrogens (primary N) is 1. The van der Waals surface area contributed by atoms with Crippen LogP contribution in [0, 0.1) is 11.3 Å². The molecule has 0 saturated carbocycles. The van der Waals surface area contributed by atoms with E-state index in [0.29, 0.717) is 0 Å². The Morgan fingerprint density at radius 1 is 1.23 bits per heavy atom. The summed E-state index contributed by atoms with van der Waals surface area (Å²) in [6.45, 7) is 12.3. The summed E-state index contributed by atoms with van der Waals surface area (Å²) >= 11 is 0. The number of rotatable bonds is 2. The van der Waals surface area contributed by atoms with E-state index in [9.17, 15) is 4.79 Å². The van der Waals surface area contributed by atoms with Gasteiger partial charge in [0.15, 0.2) is 0 Å². The van der Waals surface area contributed by atoms with Crippen LogP contribution >= 0.6 is 0 Å². The Hall–Kier alpha value is -0.530. The zero-order chi connectivity index (χ0) is 11.1. The number of carbonyl (C=O) groups excluding carboxylic acids is 1. The van der Waals surface area contributed by atoms with Gasteiger partial charge in [0.2, 0.25) is 5.91 Å². The summed E-state index contributed by atoms with van der Waals surface area (Å²) in [6.07, 6.45) is 2.08. The van der Waals surface area contributed by atoms with Crippen LogP contribution in [0.1, 0.15) is 54.4 Å². The molecule has 0 saturated heterocycles. The van der Waals surface area contributed by atoms with Crippen LogP contribution in [0.2, 0.25) is 0 Å². The van der Waals surface area contributed by atoms with Crippen LogP contribution in [0.3, 0.4) is 0 Å². The van der Waals surface area contributed by atoms with Crippen LogP contribution in [0.4, 0.5) is 0 Å². The van der Waals surface area contributed by atoms with Crippen LogP contribution < -0.4 is 5.73 Å². The largest absolute Gasteiger partial charge is 0.369 e. The fraction of sp³-hybridized carbons (Fsp3) is 0.909. The zero-order valence-electron chi connectivity index (χ0n) is 9.98. The smallest absolute Gasteiger partial charge is 0.221 e. The molecule has 2 nitrogen and oxygen atoms in total. The van der Waals surface area contributed by atoms with Gasteiger partial charge >= 0.3 is 0 Å². The standard InChI is InChI=1S/C8H17NO.C3H8/c1-5-6(7(9)10)8(2,3)4;1-3-2/h6H,5H2,1-4H3,(H2,9,10);3H2,1-2H3. The van der Waals surface area contributed by atoms with Gasteiger partial charge in [-0.25, -0.2) is 0 Å². The topological polar surface area (TPSA) is 43.1 Å². The van der Waals surface area contributed by atoms with E-state index in [1.807, 2.05) is 27.7 Å². The molecule has 0 aromatic rings. The van der Waals surface area contributed by atoms with Gasteiger partial charge in [-0.1, -0.05) is 48.0 Å². The maximum atomic E-state index is 10.8. The summed E-state index contributed by atoms with van der Waals surface area (Å²) in [5.74, 6) is -0.178. The van der Waals surface area contributed by atoms with Gasteiger partial charge in [0.25, 0.3) is 0 Å². The average molecular weight is 187 g/mol. The molecule has 1 amide bonds. The Balaban J connectivity index is 0. The van der Waals surface area contributed by atoms with E-state index in [1.165, 1.54) is 6.42 Å². The molecule has 80 valence electrons. The van der Waals surface area contributed by atoms with Crippen molar-refractivity contribution in [1.29, 1.82) is 0 Å². The molecular formula is C11H25NO. The number of hydrogen-bond donors (Lipinski definition) is 1. The van der Waals surface area contributed by atoms with Crippen LogP contribution in [0.25, 0.3) is 0 Å². The van der Waals surface area contributed by atoms with E-state index in [-0.39, 0.29) is 17.2 Å². The molecule has 0 rings (SSSR count). The molecule has 0 spiro atoms. The van der Waals surface area contributed by atoms with Crippen molar-refractivity contribution in [2.24, 2.45) is 17.1 Å². The predicted octanol–water partition coefficient (Wildman–Crippen LogP) is 2.96. The normalized spacial score (nSPS) is 12.8. The molecule has 0 aromatic carbocycles. The Morgan fingerprint density at radius 3 is 1.54 bits per heavy atom. The third kappa shape index (κ3) is 7.82. The third-order valence-corrected chi connectivity index (χ3v) is 1.80. The van der Waals surface area contributed by atoms with Crippen molar-refractivity contribution < 1.29 is 4.79 Å². The lowest BCUT2D eigenvalue weighted by molar-refractivity contribution is -0.125. The third-order valence-electron chi connectivity index (χ3n) is 1.80. The first-order chi connectivity index (χ1) is 5.81. The summed E-state index contributed by atoms with van der Waals surface area (Å²) in [5, 5.41) is 0. The molecule has 0 aliphatic rings. The summed E-state index contributed by atoms with van der Waals surface area (Å²) in [5.41, 5.74) is 5.21. The summed E-state index contributed by atoms with van der Waals surface area (Å²) in [7, 11) is 0.